The summed E-state index contributed by atoms with van der Waals surface area (Å²) in [6, 6.07) is 35.0. The van der Waals surface area contributed by atoms with Crippen molar-refractivity contribution in [2.24, 2.45) is 0 Å². The summed E-state index contributed by atoms with van der Waals surface area (Å²) in [7, 11) is 16.3. The zero-order valence-corrected chi connectivity index (χ0v) is 63.2. The molecular formula is C80H118O17. The monoisotopic (exact) mass is 1350 g/mol. The van der Waals surface area contributed by atoms with Crippen LogP contribution in [0.25, 0.3) is 0 Å². The average Bonchev–Trinajstić information content (AvgIpc) is 0.886. The number of aliphatic hydroxyl groups excluding tert-OH is 1. The maximum Gasteiger partial charge on any atom is 0.304 e. The summed E-state index contributed by atoms with van der Waals surface area (Å²) in [6.07, 6.45) is 4.81. The first-order chi connectivity index (χ1) is 45.3. The second-order valence-electron chi connectivity index (χ2n) is 27.8. The van der Waals surface area contributed by atoms with Crippen molar-refractivity contribution >= 4 is 18.5 Å². The Morgan fingerprint density at radius 2 is 0.608 bits per heavy atom. The van der Waals surface area contributed by atoms with Crippen molar-refractivity contribution in [2.75, 3.05) is 77.7 Å². The molecule has 0 fully saturated rings. The lowest BCUT2D eigenvalue weighted by atomic mass is 9.80. The van der Waals surface area contributed by atoms with Crippen LogP contribution in [0, 0.1) is 27.7 Å². The van der Waals surface area contributed by atoms with Gasteiger partial charge in [0.25, 0.3) is 0 Å². The maximum absolute atomic E-state index is 10.8. The zero-order chi connectivity index (χ0) is 74.3. The van der Waals surface area contributed by atoms with E-state index in [1.165, 1.54) is 30.9 Å². The summed E-state index contributed by atoms with van der Waals surface area (Å²) in [6.45, 7) is 33.1. The molecular weight excluding hydrogens is 1230 g/mol. The minimum Gasteiger partial charge on any atom is -0.504 e. The number of aliphatic hydroxyl groups is 1. The zero-order valence-electron chi connectivity index (χ0n) is 63.2. The number of phenols is 2. The average molecular weight is 1350 g/mol. The summed E-state index contributed by atoms with van der Waals surface area (Å²) in [5.41, 5.74) is 10.2. The van der Waals surface area contributed by atoms with Crippen molar-refractivity contribution in [3.05, 3.63) is 165 Å². The molecule has 0 aromatic heterocycles. The Morgan fingerprint density at radius 3 is 0.835 bits per heavy atom. The molecule has 0 heterocycles. The molecule has 0 spiro atoms. The molecule has 0 amide bonds. The van der Waals surface area contributed by atoms with Gasteiger partial charge < -0.3 is 77.4 Å². The van der Waals surface area contributed by atoms with Crippen molar-refractivity contribution in [1.29, 1.82) is 0 Å². The Hall–Kier alpha value is -7.67. The van der Waals surface area contributed by atoms with Gasteiger partial charge in [-0.3, -0.25) is 4.79 Å². The van der Waals surface area contributed by atoms with Gasteiger partial charge in [-0.25, -0.2) is 0 Å². The number of aryl methyl sites for hydroxylation is 4. The van der Waals surface area contributed by atoms with Gasteiger partial charge in [0, 0.05) is 66.1 Å². The topological polar surface area (TPSA) is 224 Å². The SMILES string of the molecule is COc1ccc(C(C)(C)CC(=O)O)cc1C.COc1ccc(C(C)(C)CC(OC)OC)cc1C.COc1ccc(C(C)(C)CC(OC)OC)cc1O.COc1ccc(C(C)(C)CC=O)cc1C.COc1ccc(C(C)(C)CC=O)cc1O.COc1ccc(C(C)(C)CCO)cc1C. The summed E-state index contributed by atoms with van der Waals surface area (Å²) < 4.78 is 51.9. The minimum absolute atomic E-state index is 0.00623. The number of benzene rings is 6. The minimum atomic E-state index is -0.779. The fraction of sp³-hybridized carbons (Fsp3) is 0.512. The number of aromatic hydroxyl groups is 2. The van der Waals surface area contributed by atoms with Gasteiger partial charge in [-0.1, -0.05) is 144 Å². The molecule has 0 saturated carbocycles. The predicted octanol–water partition coefficient (Wildman–Crippen LogP) is 16.5. The number of rotatable bonds is 28. The molecule has 17 nitrogen and oxygen atoms in total. The lowest BCUT2D eigenvalue weighted by molar-refractivity contribution is -0.138. The van der Waals surface area contributed by atoms with Crippen LogP contribution in [0.2, 0.25) is 0 Å². The van der Waals surface area contributed by atoms with Gasteiger partial charge in [0.1, 0.15) is 35.6 Å². The Morgan fingerprint density at radius 1 is 0.371 bits per heavy atom. The Bertz CT molecular complexity index is 3190. The molecule has 17 heteroatoms. The van der Waals surface area contributed by atoms with Crippen molar-refractivity contribution < 1.29 is 82.2 Å². The van der Waals surface area contributed by atoms with Gasteiger partial charge in [0.15, 0.2) is 35.6 Å². The van der Waals surface area contributed by atoms with E-state index in [1.807, 2.05) is 103 Å². The molecule has 0 bridgehead atoms. The van der Waals surface area contributed by atoms with Gasteiger partial charge in [0.05, 0.1) is 49.1 Å². The van der Waals surface area contributed by atoms with E-state index in [4.69, 9.17) is 57.6 Å². The highest BCUT2D eigenvalue weighted by Gasteiger charge is 2.29. The fourth-order valence-electron chi connectivity index (χ4n) is 10.6. The van der Waals surface area contributed by atoms with Crippen LogP contribution in [0.4, 0.5) is 0 Å². The molecule has 6 aromatic carbocycles. The number of phenolic OH excluding ortho intramolecular Hbond substituents is 2. The van der Waals surface area contributed by atoms with E-state index in [0.29, 0.717) is 30.8 Å². The summed E-state index contributed by atoms with van der Waals surface area (Å²) >= 11 is 0. The largest absolute Gasteiger partial charge is 0.504 e. The number of methoxy groups -OCH3 is 10. The van der Waals surface area contributed by atoms with Crippen molar-refractivity contribution in [3.8, 4) is 46.0 Å². The second kappa shape index (κ2) is 40.9. The fourth-order valence-corrected chi connectivity index (χ4v) is 10.6. The van der Waals surface area contributed by atoms with E-state index in [9.17, 15) is 24.6 Å². The summed E-state index contributed by atoms with van der Waals surface area (Å²) in [5, 5.41) is 37.3. The van der Waals surface area contributed by atoms with Crippen LogP contribution in [0.1, 0.15) is 177 Å². The van der Waals surface area contributed by atoms with E-state index in [0.717, 1.165) is 87.4 Å². The van der Waals surface area contributed by atoms with Gasteiger partial charge in [0.2, 0.25) is 0 Å². The van der Waals surface area contributed by atoms with Crippen LogP contribution in [-0.4, -0.2) is 129 Å². The van der Waals surface area contributed by atoms with E-state index in [1.54, 1.807) is 81.1 Å². The normalized spacial score (nSPS) is 11.5. The predicted molar refractivity (Wildman–Crippen MR) is 389 cm³/mol. The standard InChI is InChI=1S/C15H24O3.C14H22O4.C13H18O3.C13H20O2.C13H18O2.C12H16O3/c1-11-9-12(7-8-13(11)16-4)15(2,3)10-14(17-5)18-6;1-14(2,9-13(17-4)18-5)10-6-7-12(16-3)11(15)8-10;1-9-7-10(5-6-11(9)16-4)13(2,3)8-12(14)15;2*1-10-9-11(5-6-12(10)15-4)13(2,3)7-8-14;1-12(2,6-7-13)9-4-5-11(15-3)10(14)8-9/h7-9,14H,10H2,1-6H3;6-8,13,15H,9H2,1-5H3;5-7H,8H2,1-4H3,(H,14,15);5-6,9,14H,7-8H2,1-4H3;5-6,8-9H,7H2,1-4H3;4-5,7-8,14H,6H2,1-3H3. The second-order valence-corrected chi connectivity index (χ2v) is 27.8. The van der Waals surface area contributed by atoms with Crippen molar-refractivity contribution in [1.82, 2.24) is 0 Å². The number of ether oxygens (including phenoxy) is 10. The number of aliphatic carboxylic acids is 1. The number of hydrogen-bond donors (Lipinski definition) is 4. The molecule has 4 N–H and O–H groups in total. The molecule has 0 saturated heterocycles. The number of carboxylic acids is 1. The van der Waals surface area contributed by atoms with Crippen molar-refractivity contribution in [2.45, 2.75) is 194 Å². The maximum atomic E-state index is 10.8. The molecule has 6 rings (SSSR count). The lowest BCUT2D eigenvalue weighted by Crippen LogP contribution is -2.27. The van der Waals surface area contributed by atoms with Crippen molar-refractivity contribution in [3.63, 3.8) is 0 Å². The van der Waals surface area contributed by atoms with Crippen LogP contribution in [0.15, 0.2) is 109 Å². The third-order valence-corrected chi connectivity index (χ3v) is 17.5. The molecule has 0 aliphatic carbocycles. The summed E-state index contributed by atoms with van der Waals surface area (Å²) in [4.78, 5) is 31.9. The third-order valence-electron chi connectivity index (χ3n) is 17.5. The highest BCUT2D eigenvalue weighted by Crippen LogP contribution is 2.38. The number of carbonyl (C=O) groups excluding carboxylic acids is 2. The van der Waals surface area contributed by atoms with Crippen LogP contribution in [0.3, 0.4) is 0 Å². The molecule has 0 unspecified atom stereocenters. The quantitative estimate of drug-likeness (QED) is 0.0265. The summed E-state index contributed by atoms with van der Waals surface area (Å²) in [5.74, 6) is 3.95. The Labute approximate surface area is 581 Å². The van der Waals surface area contributed by atoms with Gasteiger partial charge in [-0.15, -0.1) is 0 Å². The molecule has 0 aliphatic rings. The lowest BCUT2D eigenvalue weighted by Gasteiger charge is -2.29. The van der Waals surface area contributed by atoms with E-state index in [2.05, 4.69) is 92.6 Å². The van der Waals surface area contributed by atoms with Crippen LogP contribution >= 0.6 is 0 Å². The van der Waals surface area contributed by atoms with Crippen LogP contribution in [-0.2, 0) is 65.8 Å². The number of hydrogen-bond acceptors (Lipinski definition) is 16. The van der Waals surface area contributed by atoms with Gasteiger partial charge in [-0.2, -0.15) is 0 Å². The Kier molecular flexibility index (Phi) is 36.8. The number of carboxylic acid groups (broad SMARTS) is 1. The first-order valence-electron chi connectivity index (χ1n) is 32.4. The highest BCUT2D eigenvalue weighted by molar-refractivity contribution is 5.69. The van der Waals surface area contributed by atoms with Crippen LogP contribution < -0.4 is 28.4 Å². The van der Waals surface area contributed by atoms with E-state index in [-0.39, 0.29) is 69.6 Å². The highest BCUT2D eigenvalue weighted by atomic mass is 16.7. The number of carbonyl (C=O) groups is 3. The molecule has 97 heavy (non-hydrogen) atoms. The smallest absolute Gasteiger partial charge is 0.304 e. The van der Waals surface area contributed by atoms with Gasteiger partial charge >= 0.3 is 5.97 Å². The van der Waals surface area contributed by atoms with Crippen LogP contribution in [0.5, 0.6) is 46.0 Å². The molecule has 0 aliphatic heterocycles. The molecule has 0 radical (unpaired) electrons. The van der Waals surface area contributed by atoms with Gasteiger partial charge in [-0.05, 0) is 165 Å². The number of aldehydes is 2. The molecule has 0 atom stereocenters. The Balaban J connectivity index is 0.000000583. The van der Waals surface area contributed by atoms with E-state index < -0.39 is 5.97 Å². The first kappa shape index (κ1) is 87.3. The third kappa shape index (κ3) is 28.0. The van der Waals surface area contributed by atoms with E-state index >= 15 is 0 Å². The molecule has 6 aromatic rings. The first-order valence-corrected chi connectivity index (χ1v) is 32.4. The molecule has 540 valence electrons.